The monoisotopic (exact) mass is 358 g/mol. The van der Waals surface area contributed by atoms with Gasteiger partial charge in [-0.15, -0.1) is 0 Å². The van der Waals surface area contributed by atoms with Gasteiger partial charge in [-0.05, 0) is 31.2 Å². The molecule has 134 valence electrons. The number of hydrogen-bond acceptors (Lipinski definition) is 4. The molecule has 0 amide bonds. The highest BCUT2D eigenvalue weighted by atomic mass is 19.4. The molecule has 1 heterocycles. The summed E-state index contributed by atoms with van der Waals surface area (Å²) < 4.78 is 40.0. The number of anilines is 4. The van der Waals surface area contributed by atoms with E-state index in [2.05, 4.69) is 15.3 Å². The number of halogens is 3. The maximum Gasteiger partial charge on any atom is 0.421 e. The molecular formula is C19H17F3N4. The summed E-state index contributed by atoms with van der Waals surface area (Å²) in [5.41, 5.74) is 1.46. The zero-order valence-electron chi connectivity index (χ0n) is 14.2. The van der Waals surface area contributed by atoms with Gasteiger partial charge in [-0.25, -0.2) is 4.98 Å². The summed E-state index contributed by atoms with van der Waals surface area (Å²) in [6, 6.07) is 16.1. The largest absolute Gasteiger partial charge is 0.421 e. The van der Waals surface area contributed by atoms with Crippen molar-refractivity contribution in [3.05, 3.63) is 71.9 Å². The Morgan fingerprint density at radius 3 is 2.23 bits per heavy atom. The Kier molecular flexibility index (Phi) is 4.79. The lowest BCUT2D eigenvalue weighted by molar-refractivity contribution is -0.137. The highest BCUT2D eigenvalue weighted by molar-refractivity contribution is 5.63. The van der Waals surface area contributed by atoms with Crippen molar-refractivity contribution >= 4 is 23.1 Å². The van der Waals surface area contributed by atoms with E-state index >= 15 is 0 Å². The van der Waals surface area contributed by atoms with Crippen LogP contribution < -0.4 is 10.2 Å². The molecule has 0 bridgehead atoms. The summed E-state index contributed by atoms with van der Waals surface area (Å²) in [6.45, 7) is 1.96. The van der Waals surface area contributed by atoms with Crippen LogP contribution in [0.15, 0.2) is 60.8 Å². The second kappa shape index (κ2) is 7.03. The van der Waals surface area contributed by atoms with Crippen molar-refractivity contribution in [3.8, 4) is 0 Å². The summed E-state index contributed by atoms with van der Waals surface area (Å²) in [4.78, 5) is 9.65. The van der Waals surface area contributed by atoms with Gasteiger partial charge in [0.15, 0.2) is 0 Å². The minimum Gasteiger partial charge on any atom is -0.340 e. The van der Waals surface area contributed by atoms with E-state index in [1.807, 2.05) is 31.2 Å². The molecule has 0 atom stereocenters. The summed E-state index contributed by atoms with van der Waals surface area (Å²) in [7, 11) is 1.71. The van der Waals surface area contributed by atoms with E-state index in [0.29, 0.717) is 5.69 Å². The average molecular weight is 358 g/mol. The van der Waals surface area contributed by atoms with Crippen molar-refractivity contribution in [1.82, 2.24) is 9.97 Å². The zero-order chi connectivity index (χ0) is 18.7. The number of nitrogens with zero attached hydrogens (tertiary/aromatic N) is 3. The van der Waals surface area contributed by atoms with E-state index in [4.69, 9.17) is 0 Å². The highest BCUT2D eigenvalue weighted by Crippen LogP contribution is 2.36. The van der Waals surface area contributed by atoms with Gasteiger partial charge in [0.25, 0.3) is 0 Å². The summed E-state index contributed by atoms with van der Waals surface area (Å²) in [5, 5.41) is 2.74. The fourth-order valence-corrected chi connectivity index (χ4v) is 2.38. The minimum absolute atomic E-state index is 0.167. The molecule has 3 rings (SSSR count). The maximum atomic E-state index is 13.3. The Balaban J connectivity index is 2.00. The van der Waals surface area contributed by atoms with Crippen LogP contribution in [0.25, 0.3) is 0 Å². The molecule has 0 aliphatic rings. The van der Waals surface area contributed by atoms with E-state index < -0.39 is 11.7 Å². The smallest absolute Gasteiger partial charge is 0.340 e. The van der Waals surface area contributed by atoms with E-state index in [1.54, 1.807) is 42.3 Å². The van der Waals surface area contributed by atoms with Crippen LogP contribution in [-0.2, 0) is 6.18 Å². The molecule has 7 heteroatoms. The first-order valence-electron chi connectivity index (χ1n) is 7.91. The number of benzene rings is 2. The third kappa shape index (κ3) is 3.93. The number of rotatable bonds is 4. The Morgan fingerprint density at radius 2 is 1.62 bits per heavy atom. The molecular weight excluding hydrogens is 341 g/mol. The first-order valence-corrected chi connectivity index (χ1v) is 7.91. The van der Waals surface area contributed by atoms with Gasteiger partial charge in [-0.1, -0.05) is 35.9 Å². The number of nitrogens with one attached hydrogen (secondary N) is 1. The van der Waals surface area contributed by atoms with Gasteiger partial charge in [0.2, 0.25) is 5.95 Å². The average Bonchev–Trinajstić information content (AvgIpc) is 2.61. The van der Waals surface area contributed by atoms with Crippen molar-refractivity contribution in [2.75, 3.05) is 17.3 Å². The quantitative estimate of drug-likeness (QED) is 0.686. The van der Waals surface area contributed by atoms with Gasteiger partial charge in [0, 0.05) is 24.6 Å². The van der Waals surface area contributed by atoms with Crippen LogP contribution in [0, 0.1) is 6.92 Å². The predicted molar refractivity (Wildman–Crippen MR) is 96.0 cm³/mol. The third-order valence-corrected chi connectivity index (χ3v) is 3.84. The SMILES string of the molecule is Cc1ccc(N(C)c2ncc(C(F)(F)F)c(Nc3ccccc3)n2)cc1. The van der Waals surface area contributed by atoms with Crippen LogP contribution in [0.4, 0.5) is 36.3 Å². The Labute approximate surface area is 149 Å². The van der Waals surface area contributed by atoms with E-state index in [1.165, 1.54) is 0 Å². The highest BCUT2D eigenvalue weighted by Gasteiger charge is 2.35. The molecule has 3 aromatic rings. The molecule has 0 saturated carbocycles. The maximum absolute atomic E-state index is 13.3. The predicted octanol–water partition coefficient (Wildman–Crippen LogP) is 5.32. The van der Waals surface area contributed by atoms with Gasteiger partial charge in [0.1, 0.15) is 11.4 Å². The lowest BCUT2D eigenvalue weighted by Crippen LogP contribution is -2.17. The summed E-state index contributed by atoms with van der Waals surface area (Å²) >= 11 is 0. The standard InChI is InChI=1S/C19H17F3N4/c1-13-8-10-15(11-9-13)26(2)18-23-12-16(19(20,21)22)17(25-18)24-14-6-4-3-5-7-14/h3-12H,1-2H3,(H,23,24,25). The fraction of sp³-hybridized carbons (Fsp3) is 0.158. The van der Waals surface area contributed by atoms with Crippen molar-refractivity contribution in [2.24, 2.45) is 0 Å². The molecule has 1 N–H and O–H groups in total. The Morgan fingerprint density at radius 1 is 0.962 bits per heavy atom. The van der Waals surface area contributed by atoms with Crippen LogP contribution in [0.2, 0.25) is 0 Å². The Bertz CT molecular complexity index is 878. The minimum atomic E-state index is -4.56. The van der Waals surface area contributed by atoms with Crippen LogP contribution in [0.1, 0.15) is 11.1 Å². The first-order chi connectivity index (χ1) is 12.3. The molecule has 2 aromatic carbocycles. The first kappa shape index (κ1) is 17.7. The normalized spacial score (nSPS) is 11.3. The molecule has 4 nitrogen and oxygen atoms in total. The van der Waals surface area contributed by atoms with Gasteiger partial charge in [-0.2, -0.15) is 18.2 Å². The van der Waals surface area contributed by atoms with Gasteiger partial charge in [-0.3, -0.25) is 0 Å². The number of para-hydroxylation sites is 1. The fourth-order valence-electron chi connectivity index (χ4n) is 2.38. The van der Waals surface area contributed by atoms with Crippen molar-refractivity contribution in [1.29, 1.82) is 0 Å². The van der Waals surface area contributed by atoms with Crippen LogP contribution in [0.3, 0.4) is 0 Å². The molecule has 1 aromatic heterocycles. The summed E-state index contributed by atoms with van der Waals surface area (Å²) in [6.07, 6.45) is -3.75. The Hall–Kier alpha value is -3.09. The van der Waals surface area contributed by atoms with Crippen LogP contribution in [-0.4, -0.2) is 17.0 Å². The van der Waals surface area contributed by atoms with E-state index in [9.17, 15) is 13.2 Å². The second-order valence-electron chi connectivity index (χ2n) is 5.82. The summed E-state index contributed by atoms with van der Waals surface area (Å²) in [5.74, 6) is -0.118. The van der Waals surface area contributed by atoms with Crippen LogP contribution in [0.5, 0.6) is 0 Å². The molecule has 26 heavy (non-hydrogen) atoms. The third-order valence-electron chi connectivity index (χ3n) is 3.84. The van der Waals surface area contributed by atoms with Gasteiger partial charge in [0.05, 0.1) is 0 Å². The van der Waals surface area contributed by atoms with Crippen LogP contribution >= 0.6 is 0 Å². The van der Waals surface area contributed by atoms with Crippen molar-refractivity contribution < 1.29 is 13.2 Å². The number of hydrogen-bond donors (Lipinski definition) is 1. The van der Waals surface area contributed by atoms with Gasteiger partial charge < -0.3 is 10.2 Å². The molecule has 0 aliphatic carbocycles. The molecule has 0 fully saturated rings. The number of aryl methyl sites for hydroxylation is 1. The van der Waals surface area contributed by atoms with Crippen molar-refractivity contribution in [3.63, 3.8) is 0 Å². The lowest BCUT2D eigenvalue weighted by Gasteiger charge is -2.20. The zero-order valence-corrected chi connectivity index (χ0v) is 14.2. The number of aromatic nitrogens is 2. The topological polar surface area (TPSA) is 41.1 Å². The molecule has 0 unspecified atom stereocenters. The number of alkyl halides is 3. The molecule has 0 saturated heterocycles. The lowest BCUT2D eigenvalue weighted by atomic mass is 10.2. The van der Waals surface area contributed by atoms with E-state index in [-0.39, 0.29) is 11.8 Å². The second-order valence-corrected chi connectivity index (χ2v) is 5.82. The van der Waals surface area contributed by atoms with Gasteiger partial charge >= 0.3 is 6.18 Å². The molecule has 0 aliphatic heterocycles. The molecule has 0 radical (unpaired) electrons. The van der Waals surface area contributed by atoms with Crippen molar-refractivity contribution in [2.45, 2.75) is 13.1 Å². The molecule has 0 spiro atoms. The van der Waals surface area contributed by atoms with E-state index in [0.717, 1.165) is 17.4 Å².